The monoisotopic (exact) mass is 314 g/mol. The lowest BCUT2D eigenvalue weighted by atomic mass is 10.1. The van der Waals surface area contributed by atoms with Gasteiger partial charge in [-0.2, -0.15) is 0 Å². The third kappa shape index (κ3) is 5.85. The zero-order valence-electron chi connectivity index (χ0n) is 11.8. The van der Waals surface area contributed by atoms with Gasteiger partial charge in [-0.25, -0.2) is 8.42 Å². The molecule has 0 radical (unpaired) electrons. The number of alkyl halides is 1. The summed E-state index contributed by atoms with van der Waals surface area (Å²) in [6, 6.07) is 5.60. The Morgan fingerprint density at radius 2 is 2.10 bits per heavy atom. The molecule has 0 aliphatic rings. The topological polar surface area (TPSA) is 43.4 Å². The molecule has 0 saturated heterocycles. The number of benzene rings is 1. The standard InChI is InChI=1S/C15H19ClO3S/c1-3-20(17,18)11-10-19-15-8-7-14(12-13(15)2)6-4-5-9-16/h7-8,12H,3,5,9-11H2,1-2H3. The van der Waals surface area contributed by atoms with E-state index in [2.05, 4.69) is 11.8 Å². The van der Waals surface area contributed by atoms with Gasteiger partial charge in [-0.15, -0.1) is 11.6 Å². The molecule has 0 aliphatic heterocycles. The predicted molar refractivity (Wildman–Crippen MR) is 83.2 cm³/mol. The maximum absolute atomic E-state index is 11.4. The molecule has 0 bridgehead atoms. The number of rotatable bonds is 6. The van der Waals surface area contributed by atoms with Crippen LogP contribution in [-0.2, 0) is 9.84 Å². The fourth-order valence-corrected chi connectivity index (χ4v) is 2.24. The molecule has 5 heteroatoms. The molecule has 1 rings (SSSR count). The molecule has 0 heterocycles. The first-order chi connectivity index (χ1) is 9.48. The Hall–Kier alpha value is -1.18. The molecular formula is C15H19ClO3S. The van der Waals surface area contributed by atoms with E-state index in [1.54, 1.807) is 6.92 Å². The number of sulfone groups is 1. The van der Waals surface area contributed by atoms with Crippen LogP contribution >= 0.6 is 11.6 Å². The van der Waals surface area contributed by atoms with Gasteiger partial charge >= 0.3 is 0 Å². The van der Waals surface area contributed by atoms with Gasteiger partial charge in [-0.3, -0.25) is 0 Å². The van der Waals surface area contributed by atoms with Gasteiger partial charge in [-0.05, 0) is 30.7 Å². The summed E-state index contributed by atoms with van der Waals surface area (Å²) in [5, 5.41) is 0. The number of aryl methyl sites for hydroxylation is 1. The van der Waals surface area contributed by atoms with E-state index in [1.807, 2.05) is 25.1 Å². The second kappa shape index (κ2) is 8.18. The Morgan fingerprint density at radius 3 is 2.70 bits per heavy atom. The van der Waals surface area contributed by atoms with E-state index < -0.39 is 9.84 Å². The van der Waals surface area contributed by atoms with Crippen molar-refractivity contribution < 1.29 is 13.2 Å². The van der Waals surface area contributed by atoms with Crippen LogP contribution in [0.5, 0.6) is 5.75 Å². The summed E-state index contributed by atoms with van der Waals surface area (Å²) in [4.78, 5) is 0. The summed E-state index contributed by atoms with van der Waals surface area (Å²) in [6.07, 6.45) is 0.660. The third-order valence-corrected chi connectivity index (χ3v) is 4.58. The molecule has 0 unspecified atom stereocenters. The smallest absolute Gasteiger partial charge is 0.153 e. The zero-order valence-corrected chi connectivity index (χ0v) is 13.4. The van der Waals surface area contributed by atoms with Gasteiger partial charge in [0.15, 0.2) is 9.84 Å². The quantitative estimate of drug-likeness (QED) is 0.599. The van der Waals surface area contributed by atoms with Crippen LogP contribution in [0.3, 0.4) is 0 Å². The molecule has 0 saturated carbocycles. The normalized spacial score (nSPS) is 10.8. The maximum atomic E-state index is 11.4. The van der Waals surface area contributed by atoms with Crippen LogP contribution in [0.25, 0.3) is 0 Å². The first kappa shape index (κ1) is 16.9. The lowest BCUT2D eigenvalue weighted by Crippen LogP contribution is -2.15. The van der Waals surface area contributed by atoms with Crippen LogP contribution in [0.15, 0.2) is 18.2 Å². The zero-order chi connectivity index (χ0) is 15.0. The van der Waals surface area contributed by atoms with Gasteiger partial charge in [0.1, 0.15) is 12.4 Å². The Morgan fingerprint density at radius 1 is 1.35 bits per heavy atom. The van der Waals surface area contributed by atoms with Crippen molar-refractivity contribution in [2.45, 2.75) is 20.3 Å². The molecule has 1 aromatic carbocycles. The minimum atomic E-state index is -2.99. The number of ether oxygens (including phenoxy) is 1. The lowest BCUT2D eigenvalue weighted by molar-refractivity contribution is 0.338. The summed E-state index contributed by atoms with van der Waals surface area (Å²) < 4.78 is 28.2. The second-order valence-corrected chi connectivity index (χ2v) is 7.16. The molecule has 0 N–H and O–H groups in total. The van der Waals surface area contributed by atoms with E-state index in [0.29, 0.717) is 18.1 Å². The van der Waals surface area contributed by atoms with Gasteiger partial charge in [0.2, 0.25) is 0 Å². The van der Waals surface area contributed by atoms with E-state index >= 15 is 0 Å². The van der Waals surface area contributed by atoms with Gasteiger partial charge in [0.05, 0.1) is 5.75 Å². The van der Waals surface area contributed by atoms with Crippen molar-refractivity contribution in [1.29, 1.82) is 0 Å². The second-order valence-electron chi connectivity index (χ2n) is 4.31. The van der Waals surface area contributed by atoms with E-state index in [9.17, 15) is 8.42 Å². The first-order valence-electron chi connectivity index (χ1n) is 6.47. The van der Waals surface area contributed by atoms with Crippen molar-refractivity contribution >= 4 is 21.4 Å². The number of hydrogen-bond acceptors (Lipinski definition) is 3. The first-order valence-corrected chi connectivity index (χ1v) is 8.83. The number of hydrogen-bond donors (Lipinski definition) is 0. The summed E-state index contributed by atoms with van der Waals surface area (Å²) in [5.74, 6) is 7.39. The minimum Gasteiger partial charge on any atom is -0.492 e. The summed E-state index contributed by atoms with van der Waals surface area (Å²) in [5.41, 5.74) is 1.85. The maximum Gasteiger partial charge on any atom is 0.153 e. The van der Waals surface area contributed by atoms with Crippen LogP contribution < -0.4 is 4.74 Å². The molecule has 0 amide bonds. The summed E-state index contributed by atoms with van der Waals surface area (Å²) in [6.45, 7) is 3.72. The average Bonchev–Trinajstić information content (AvgIpc) is 2.41. The van der Waals surface area contributed by atoms with Crippen molar-refractivity contribution in [1.82, 2.24) is 0 Å². The molecule has 0 fully saturated rings. The average molecular weight is 315 g/mol. The molecule has 3 nitrogen and oxygen atoms in total. The molecule has 0 aromatic heterocycles. The Balaban J connectivity index is 2.63. The van der Waals surface area contributed by atoms with Crippen molar-refractivity contribution in [3.8, 4) is 17.6 Å². The highest BCUT2D eigenvalue weighted by Crippen LogP contribution is 2.18. The van der Waals surface area contributed by atoms with Crippen LogP contribution in [0.1, 0.15) is 24.5 Å². The molecule has 110 valence electrons. The molecule has 0 spiro atoms. The molecular weight excluding hydrogens is 296 g/mol. The fraction of sp³-hybridized carbons (Fsp3) is 0.467. The van der Waals surface area contributed by atoms with Crippen LogP contribution in [0.4, 0.5) is 0 Å². The van der Waals surface area contributed by atoms with Crippen LogP contribution in [-0.4, -0.2) is 32.4 Å². The Labute approximate surface area is 126 Å². The van der Waals surface area contributed by atoms with Crippen LogP contribution in [0, 0.1) is 18.8 Å². The van der Waals surface area contributed by atoms with E-state index in [-0.39, 0.29) is 18.1 Å². The largest absolute Gasteiger partial charge is 0.492 e. The SMILES string of the molecule is CCS(=O)(=O)CCOc1ccc(C#CCCCl)cc1C. The van der Waals surface area contributed by atoms with Gasteiger partial charge in [0, 0.05) is 23.6 Å². The fourth-order valence-electron chi connectivity index (χ4n) is 1.52. The van der Waals surface area contributed by atoms with Crippen molar-refractivity contribution in [2.24, 2.45) is 0 Å². The molecule has 0 atom stereocenters. The van der Waals surface area contributed by atoms with E-state index in [4.69, 9.17) is 16.3 Å². The van der Waals surface area contributed by atoms with E-state index in [0.717, 1.165) is 11.1 Å². The lowest BCUT2D eigenvalue weighted by Gasteiger charge is -2.09. The third-order valence-electron chi connectivity index (χ3n) is 2.72. The predicted octanol–water partition coefficient (Wildman–Crippen LogP) is 2.79. The highest BCUT2D eigenvalue weighted by molar-refractivity contribution is 7.91. The van der Waals surface area contributed by atoms with Gasteiger partial charge in [-0.1, -0.05) is 18.8 Å². The highest BCUT2D eigenvalue weighted by atomic mass is 35.5. The number of halogens is 1. The summed E-state index contributed by atoms with van der Waals surface area (Å²) >= 11 is 5.56. The molecule has 20 heavy (non-hydrogen) atoms. The van der Waals surface area contributed by atoms with Gasteiger partial charge < -0.3 is 4.74 Å². The Bertz CT molecular complexity index is 597. The van der Waals surface area contributed by atoms with E-state index in [1.165, 1.54) is 0 Å². The van der Waals surface area contributed by atoms with Crippen molar-refractivity contribution in [2.75, 3.05) is 24.0 Å². The summed E-state index contributed by atoms with van der Waals surface area (Å²) in [7, 11) is -2.99. The van der Waals surface area contributed by atoms with Gasteiger partial charge in [0.25, 0.3) is 0 Å². The van der Waals surface area contributed by atoms with Crippen molar-refractivity contribution in [3.63, 3.8) is 0 Å². The molecule has 1 aromatic rings. The highest BCUT2D eigenvalue weighted by Gasteiger charge is 2.08. The Kier molecular flexibility index (Phi) is 6.90. The molecule has 0 aliphatic carbocycles. The van der Waals surface area contributed by atoms with Crippen LogP contribution in [0.2, 0.25) is 0 Å². The van der Waals surface area contributed by atoms with Crippen molar-refractivity contribution in [3.05, 3.63) is 29.3 Å². The minimum absolute atomic E-state index is 0.0419.